The topological polar surface area (TPSA) is 51.2 Å². The summed E-state index contributed by atoms with van der Waals surface area (Å²) in [7, 11) is 1.22. The number of methoxy groups -OCH3 is 1. The minimum Gasteiger partial charge on any atom is -0.467 e. The predicted octanol–water partition coefficient (Wildman–Crippen LogP) is 1.61. The Morgan fingerprint density at radius 3 is 2.88 bits per heavy atom. The molecule has 0 aliphatic carbocycles. The van der Waals surface area contributed by atoms with Crippen LogP contribution in [0.1, 0.15) is 11.1 Å². The first kappa shape index (κ1) is 11.7. The summed E-state index contributed by atoms with van der Waals surface area (Å²) in [5.41, 5.74) is -0.446. The molecule has 0 saturated carbocycles. The van der Waals surface area contributed by atoms with E-state index in [2.05, 4.69) is 15.0 Å². The average Bonchev–Trinajstić information content (AvgIpc) is 2.69. The van der Waals surface area contributed by atoms with Crippen LogP contribution in [0.5, 0.6) is 0 Å². The number of ether oxygens (including phenoxy) is 1. The maximum absolute atomic E-state index is 12.4. The molecule has 2 heterocycles. The van der Waals surface area contributed by atoms with E-state index >= 15 is 0 Å². The number of carbonyl (C=O) groups is 1. The second-order valence-electron chi connectivity index (χ2n) is 3.65. The quantitative estimate of drug-likeness (QED) is 0.765. The van der Waals surface area contributed by atoms with Crippen molar-refractivity contribution < 1.29 is 22.7 Å². The van der Waals surface area contributed by atoms with E-state index in [0.717, 1.165) is 12.3 Å². The third kappa shape index (κ3) is 2.17. The van der Waals surface area contributed by atoms with Gasteiger partial charge in [0, 0.05) is 12.6 Å². The molecule has 0 radical (unpaired) electrons. The first-order valence-electron chi connectivity index (χ1n) is 4.82. The Hall–Kier alpha value is -1.79. The summed E-state index contributed by atoms with van der Waals surface area (Å²) in [6.45, 7) is 0. The van der Waals surface area contributed by atoms with E-state index in [9.17, 15) is 18.0 Å². The van der Waals surface area contributed by atoms with Crippen molar-refractivity contribution in [1.29, 1.82) is 0 Å². The van der Waals surface area contributed by atoms with Gasteiger partial charge in [-0.2, -0.15) is 13.2 Å². The van der Waals surface area contributed by atoms with Crippen LogP contribution in [0.15, 0.2) is 12.3 Å². The van der Waals surface area contributed by atoms with Crippen molar-refractivity contribution >= 4 is 11.8 Å². The standard InChI is InChI=1S/C10H9F3N2O2/c1-17-9(16)7-3-5-2-6(10(11,12)13)4-14-8(5)15-7/h2,4,7H,3H2,1H3,(H,14,15). The Bertz CT molecular complexity index is 459. The number of anilines is 1. The molecule has 0 fully saturated rings. The van der Waals surface area contributed by atoms with Gasteiger partial charge in [-0.15, -0.1) is 0 Å². The molecular weight excluding hydrogens is 237 g/mol. The van der Waals surface area contributed by atoms with Crippen LogP contribution in [0.2, 0.25) is 0 Å². The zero-order chi connectivity index (χ0) is 12.6. The molecule has 1 N–H and O–H groups in total. The molecule has 1 aromatic rings. The molecule has 1 aliphatic rings. The molecule has 1 aromatic heterocycles. The predicted molar refractivity (Wildman–Crippen MR) is 52.4 cm³/mol. The smallest absolute Gasteiger partial charge is 0.417 e. The van der Waals surface area contributed by atoms with Crippen molar-refractivity contribution in [3.8, 4) is 0 Å². The van der Waals surface area contributed by atoms with E-state index in [-0.39, 0.29) is 6.42 Å². The molecule has 92 valence electrons. The van der Waals surface area contributed by atoms with Crippen molar-refractivity contribution in [3.05, 3.63) is 23.4 Å². The van der Waals surface area contributed by atoms with Gasteiger partial charge in [-0.25, -0.2) is 9.78 Å². The number of nitrogens with one attached hydrogen (secondary N) is 1. The van der Waals surface area contributed by atoms with Crippen LogP contribution in [-0.4, -0.2) is 24.1 Å². The van der Waals surface area contributed by atoms with Gasteiger partial charge < -0.3 is 10.1 Å². The average molecular weight is 246 g/mol. The number of fused-ring (bicyclic) bond motifs is 1. The number of aromatic nitrogens is 1. The van der Waals surface area contributed by atoms with Gasteiger partial charge in [0.2, 0.25) is 0 Å². The van der Waals surface area contributed by atoms with E-state index in [1.807, 2.05) is 0 Å². The normalized spacial score (nSPS) is 18.5. The monoisotopic (exact) mass is 246 g/mol. The minimum absolute atomic E-state index is 0.152. The fourth-order valence-corrected chi connectivity index (χ4v) is 1.67. The summed E-state index contributed by atoms with van der Waals surface area (Å²) in [6, 6.07) is 0.337. The van der Waals surface area contributed by atoms with E-state index in [1.165, 1.54) is 7.11 Å². The molecule has 0 saturated heterocycles. The number of nitrogens with zero attached hydrogens (tertiary/aromatic N) is 1. The first-order valence-corrected chi connectivity index (χ1v) is 4.82. The SMILES string of the molecule is COC(=O)C1Cc2cc(C(F)(F)F)cnc2N1. The van der Waals surface area contributed by atoms with Crippen LogP contribution in [0.4, 0.5) is 19.0 Å². The van der Waals surface area contributed by atoms with Crippen LogP contribution in [-0.2, 0) is 22.1 Å². The van der Waals surface area contributed by atoms with Gasteiger partial charge in [0.05, 0.1) is 12.7 Å². The highest BCUT2D eigenvalue weighted by molar-refractivity contribution is 5.81. The highest BCUT2D eigenvalue weighted by atomic mass is 19.4. The summed E-state index contributed by atoms with van der Waals surface area (Å²) >= 11 is 0. The zero-order valence-corrected chi connectivity index (χ0v) is 8.84. The molecular formula is C10H9F3N2O2. The van der Waals surface area contributed by atoms with Crippen LogP contribution in [0, 0.1) is 0 Å². The van der Waals surface area contributed by atoms with Crippen molar-refractivity contribution in [2.24, 2.45) is 0 Å². The van der Waals surface area contributed by atoms with Gasteiger partial charge in [0.25, 0.3) is 0 Å². The molecule has 0 bridgehead atoms. The maximum atomic E-state index is 12.4. The molecule has 0 aromatic carbocycles. The van der Waals surface area contributed by atoms with Gasteiger partial charge in [-0.1, -0.05) is 0 Å². The maximum Gasteiger partial charge on any atom is 0.417 e. The lowest BCUT2D eigenvalue weighted by atomic mass is 10.1. The van der Waals surface area contributed by atoms with Crippen molar-refractivity contribution in [2.45, 2.75) is 18.6 Å². The van der Waals surface area contributed by atoms with Gasteiger partial charge in [0.1, 0.15) is 11.9 Å². The van der Waals surface area contributed by atoms with E-state index in [0.29, 0.717) is 11.4 Å². The largest absolute Gasteiger partial charge is 0.467 e. The van der Waals surface area contributed by atoms with E-state index in [1.54, 1.807) is 0 Å². The number of alkyl halides is 3. The highest BCUT2D eigenvalue weighted by Crippen LogP contribution is 2.33. The summed E-state index contributed by atoms with van der Waals surface area (Å²) in [5.74, 6) is -0.218. The fourth-order valence-electron chi connectivity index (χ4n) is 1.67. The molecule has 17 heavy (non-hydrogen) atoms. The lowest BCUT2D eigenvalue weighted by Gasteiger charge is -2.07. The van der Waals surface area contributed by atoms with Crippen LogP contribution >= 0.6 is 0 Å². The Morgan fingerprint density at radius 2 is 2.29 bits per heavy atom. The summed E-state index contributed by atoms with van der Waals surface area (Å²) in [5, 5.41) is 2.71. The number of carbonyl (C=O) groups excluding carboxylic acids is 1. The number of hydrogen-bond donors (Lipinski definition) is 1. The zero-order valence-electron chi connectivity index (χ0n) is 8.84. The number of pyridine rings is 1. The Morgan fingerprint density at radius 1 is 1.59 bits per heavy atom. The molecule has 7 heteroatoms. The Kier molecular flexibility index (Phi) is 2.68. The molecule has 1 unspecified atom stereocenters. The second-order valence-corrected chi connectivity index (χ2v) is 3.65. The third-order valence-corrected chi connectivity index (χ3v) is 2.51. The molecule has 0 amide bonds. The first-order chi connectivity index (χ1) is 7.91. The second kappa shape index (κ2) is 3.90. The van der Waals surface area contributed by atoms with Crippen molar-refractivity contribution in [1.82, 2.24) is 4.98 Å². The number of halogens is 3. The third-order valence-electron chi connectivity index (χ3n) is 2.51. The van der Waals surface area contributed by atoms with Gasteiger partial charge in [0.15, 0.2) is 0 Å². The number of hydrogen-bond acceptors (Lipinski definition) is 4. The Labute approximate surface area is 94.8 Å². The molecule has 1 aliphatic heterocycles. The number of esters is 1. The number of rotatable bonds is 1. The molecule has 0 spiro atoms. The minimum atomic E-state index is -4.43. The van der Waals surface area contributed by atoms with Crippen molar-refractivity contribution in [3.63, 3.8) is 0 Å². The van der Waals surface area contributed by atoms with E-state index < -0.39 is 23.8 Å². The van der Waals surface area contributed by atoms with Crippen LogP contribution in [0.3, 0.4) is 0 Å². The molecule has 4 nitrogen and oxygen atoms in total. The van der Waals surface area contributed by atoms with Crippen LogP contribution < -0.4 is 5.32 Å². The lowest BCUT2D eigenvalue weighted by Crippen LogP contribution is -2.28. The molecule has 2 rings (SSSR count). The lowest BCUT2D eigenvalue weighted by molar-refractivity contribution is -0.141. The molecule has 1 atom stereocenters. The Balaban J connectivity index is 2.25. The van der Waals surface area contributed by atoms with Crippen LogP contribution in [0.25, 0.3) is 0 Å². The van der Waals surface area contributed by atoms with Gasteiger partial charge in [-0.05, 0) is 11.6 Å². The van der Waals surface area contributed by atoms with Gasteiger partial charge >= 0.3 is 12.1 Å². The van der Waals surface area contributed by atoms with Crippen molar-refractivity contribution in [2.75, 3.05) is 12.4 Å². The summed E-state index contributed by atoms with van der Waals surface area (Å²) < 4.78 is 41.8. The van der Waals surface area contributed by atoms with E-state index in [4.69, 9.17) is 0 Å². The van der Waals surface area contributed by atoms with Gasteiger partial charge in [-0.3, -0.25) is 0 Å². The fraction of sp³-hybridized carbons (Fsp3) is 0.400. The highest BCUT2D eigenvalue weighted by Gasteiger charge is 2.34. The summed E-state index contributed by atoms with van der Waals surface area (Å²) in [4.78, 5) is 14.9. The summed E-state index contributed by atoms with van der Waals surface area (Å²) in [6.07, 6.45) is -3.53.